The summed E-state index contributed by atoms with van der Waals surface area (Å²) in [5, 5.41) is 9.44. The Morgan fingerprint density at radius 3 is 2.18 bits per heavy atom. The quantitative estimate of drug-likeness (QED) is 0.520. The number of aryl methyl sites for hydroxylation is 3. The zero-order chi connectivity index (χ0) is 26.6. The third-order valence-corrected chi connectivity index (χ3v) is 7.50. The standard InChI is InChI=1S/C30H35N7O/c1-22-8-9-25(21-34-10-12-35(13-11-34)28-7-5-4-6-26(28)20-31)19-27(22)29(38)36-14-16-37(17-15-36)30-32-23(2)18-24(3)33-30/h4-9,18-19H,10-17,21H2,1-3H3. The fourth-order valence-corrected chi connectivity index (χ4v) is 5.38. The first-order valence-corrected chi connectivity index (χ1v) is 13.3. The first-order chi connectivity index (χ1) is 18.4. The van der Waals surface area contributed by atoms with Crippen molar-refractivity contribution >= 4 is 17.5 Å². The van der Waals surface area contributed by atoms with Crippen molar-refractivity contribution in [2.24, 2.45) is 0 Å². The maximum atomic E-state index is 13.5. The van der Waals surface area contributed by atoms with Crippen molar-refractivity contribution in [1.29, 1.82) is 5.26 Å². The van der Waals surface area contributed by atoms with Gasteiger partial charge in [-0.2, -0.15) is 5.26 Å². The lowest BCUT2D eigenvalue weighted by atomic mass is 10.0. The van der Waals surface area contributed by atoms with Gasteiger partial charge in [0.1, 0.15) is 6.07 Å². The molecule has 38 heavy (non-hydrogen) atoms. The van der Waals surface area contributed by atoms with E-state index in [-0.39, 0.29) is 5.91 Å². The maximum absolute atomic E-state index is 13.5. The monoisotopic (exact) mass is 509 g/mol. The third kappa shape index (κ3) is 5.63. The average Bonchev–Trinajstić information content (AvgIpc) is 2.94. The second-order valence-electron chi connectivity index (χ2n) is 10.3. The third-order valence-electron chi connectivity index (χ3n) is 7.50. The molecule has 0 spiro atoms. The Labute approximate surface area is 225 Å². The van der Waals surface area contributed by atoms with E-state index in [4.69, 9.17) is 0 Å². The van der Waals surface area contributed by atoms with Crippen LogP contribution in [0.15, 0.2) is 48.5 Å². The summed E-state index contributed by atoms with van der Waals surface area (Å²) in [4.78, 5) is 31.5. The van der Waals surface area contributed by atoms with Gasteiger partial charge in [-0.3, -0.25) is 9.69 Å². The number of hydrogen-bond acceptors (Lipinski definition) is 7. The lowest BCUT2D eigenvalue weighted by molar-refractivity contribution is 0.0745. The number of benzene rings is 2. The molecular weight excluding hydrogens is 474 g/mol. The average molecular weight is 510 g/mol. The Bertz CT molecular complexity index is 1330. The second kappa shape index (κ2) is 11.2. The number of piperazine rings is 2. The SMILES string of the molecule is Cc1cc(C)nc(N2CCN(C(=O)c3cc(CN4CCN(c5ccccc5C#N)CC4)ccc3C)CC2)n1. The van der Waals surface area contributed by atoms with Gasteiger partial charge in [0.25, 0.3) is 5.91 Å². The summed E-state index contributed by atoms with van der Waals surface area (Å²) in [5.41, 5.74) is 6.63. The molecule has 0 bridgehead atoms. The lowest BCUT2D eigenvalue weighted by Gasteiger charge is -2.36. The number of anilines is 2. The molecule has 8 heteroatoms. The van der Waals surface area contributed by atoms with E-state index >= 15 is 0 Å². The molecule has 196 valence electrons. The van der Waals surface area contributed by atoms with Gasteiger partial charge in [-0.25, -0.2) is 9.97 Å². The van der Waals surface area contributed by atoms with Crippen LogP contribution in [0, 0.1) is 32.1 Å². The van der Waals surface area contributed by atoms with Gasteiger partial charge in [-0.05, 0) is 56.2 Å². The molecule has 2 saturated heterocycles. The Hall–Kier alpha value is -3.96. The van der Waals surface area contributed by atoms with Crippen LogP contribution in [0.5, 0.6) is 0 Å². The largest absolute Gasteiger partial charge is 0.368 e. The van der Waals surface area contributed by atoms with Crippen molar-refractivity contribution in [1.82, 2.24) is 19.8 Å². The van der Waals surface area contributed by atoms with Crippen molar-refractivity contribution in [3.05, 3.63) is 82.2 Å². The van der Waals surface area contributed by atoms with Gasteiger partial charge >= 0.3 is 0 Å². The zero-order valence-electron chi connectivity index (χ0n) is 22.5. The highest BCUT2D eigenvalue weighted by atomic mass is 16.2. The highest BCUT2D eigenvalue weighted by Gasteiger charge is 2.25. The van der Waals surface area contributed by atoms with Crippen LogP contribution < -0.4 is 9.80 Å². The highest BCUT2D eigenvalue weighted by Crippen LogP contribution is 2.23. The van der Waals surface area contributed by atoms with E-state index in [0.717, 1.165) is 91.1 Å². The normalized spacial score (nSPS) is 16.4. The number of para-hydroxylation sites is 1. The Morgan fingerprint density at radius 2 is 1.50 bits per heavy atom. The van der Waals surface area contributed by atoms with Crippen LogP contribution in [-0.2, 0) is 6.54 Å². The number of nitriles is 1. The van der Waals surface area contributed by atoms with Crippen LogP contribution in [-0.4, -0.2) is 78.0 Å². The molecule has 2 aliphatic rings. The molecule has 1 amide bonds. The molecule has 0 radical (unpaired) electrons. The predicted molar refractivity (Wildman–Crippen MR) is 149 cm³/mol. The lowest BCUT2D eigenvalue weighted by Crippen LogP contribution is -2.49. The van der Waals surface area contributed by atoms with Crippen molar-refractivity contribution in [3.63, 3.8) is 0 Å². The summed E-state index contributed by atoms with van der Waals surface area (Å²) in [7, 11) is 0. The minimum atomic E-state index is 0.100. The summed E-state index contributed by atoms with van der Waals surface area (Å²) >= 11 is 0. The second-order valence-corrected chi connectivity index (χ2v) is 10.3. The van der Waals surface area contributed by atoms with Gasteiger partial charge in [0, 0.05) is 75.9 Å². The van der Waals surface area contributed by atoms with Crippen molar-refractivity contribution < 1.29 is 4.79 Å². The molecule has 3 aromatic rings. The van der Waals surface area contributed by atoms with Crippen molar-refractivity contribution in [3.8, 4) is 6.07 Å². The predicted octanol–water partition coefficient (Wildman–Crippen LogP) is 3.56. The highest BCUT2D eigenvalue weighted by molar-refractivity contribution is 5.96. The Balaban J connectivity index is 1.19. The van der Waals surface area contributed by atoms with Gasteiger partial charge in [-0.1, -0.05) is 24.3 Å². The first kappa shape index (κ1) is 25.7. The molecule has 0 unspecified atom stereocenters. The number of aromatic nitrogens is 2. The van der Waals surface area contributed by atoms with E-state index < -0.39 is 0 Å². The van der Waals surface area contributed by atoms with Crippen LogP contribution in [0.3, 0.4) is 0 Å². The zero-order valence-corrected chi connectivity index (χ0v) is 22.5. The molecule has 0 aliphatic carbocycles. The summed E-state index contributed by atoms with van der Waals surface area (Å²) in [6.45, 7) is 13.2. The molecule has 2 fully saturated rings. The fourth-order valence-electron chi connectivity index (χ4n) is 5.38. The number of rotatable bonds is 5. The molecule has 2 aromatic carbocycles. The number of hydrogen-bond donors (Lipinski definition) is 0. The number of carbonyl (C=O) groups is 1. The van der Waals surface area contributed by atoms with E-state index in [1.54, 1.807) is 0 Å². The number of amides is 1. The Kier molecular flexibility index (Phi) is 7.57. The molecule has 3 heterocycles. The summed E-state index contributed by atoms with van der Waals surface area (Å²) < 4.78 is 0. The van der Waals surface area contributed by atoms with E-state index in [0.29, 0.717) is 13.1 Å². The van der Waals surface area contributed by atoms with E-state index in [9.17, 15) is 10.1 Å². The van der Waals surface area contributed by atoms with Crippen molar-refractivity contribution in [2.45, 2.75) is 27.3 Å². The van der Waals surface area contributed by atoms with E-state index in [1.165, 1.54) is 0 Å². The molecule has 2 aliphatic heterocycles. The molecule has 8 nitrogen and oxygen atoms in total. The van der Waals surface area contributed by atoms with Gasteiger partial charge in [0.05, 0.1) is 11.3 Å². The van der Waals surface area contributed by atoms with Crippen LogP contribution in [0.4, 0.5) is 11.6 Å². The number of nitrogens with zero attached hydrogens (tertiary/aromatic N) is 7. The van der Waals surface area contributed by atoms with Crippen LogP contribution >= 0.6 is 0 Å². The van der Waals surface area contributed by atoms with Crippen molar-refractivity contribution in [2.75, 3.05) is 62.2 Å². The smallest absolute Gasteiger partial charge is 0.254 e. The first-order valence-electron chi connectivity index (χ1n) is 13.3. The number of carbonyl (C=O) groups excluding carboxylic acids is 1. The van der Waals surface area contributed by atoms with Gasteiger partial charge < -0.3 is 14.7 Å². The molecule has 0 N–H and O–H groups in total. The van der Waals surface area contributed by atoms with Gasteiger partial charge in [0.2, 0.25) is 5.95 Å². The molecule has 5 rings (SSSR count). The van der Waals surface area contributed by atoms with Crippen LogP contribution in [0.1, 0.15) is 38.4 Å². The molecule has 0 atom stereocenters. The minimum Gasteiger partial charge on any atom is -0.368 e. The summed E-state index contributed by atoms with van der Waals surface area (Å²) in [6.07, 6.45) is 0. The van der Waals surface area contributed by atoms with E-state index in [2.05, 4.69) is 48.9 Å². The molecule has 1 aromatic heterocycles. The Morgan fingerprint density at radius 1 is 0.842 bits per heavy atom. The fraction of sp³-hybridized carbons (Fsp3) is 0.400. The maximum Gasteiger partial charge on any atom is 0.254 e. The van der Waals surface area contributed by atoms with Gasteiger partial charge in [0.15, 0.2) is 0 Å². The minimum absolute atomic E-state index is 0.100. The molecular formula is C30H35N7O. The topological polar surface area (TPSA) is 79.6 Å². The van der Waals surface area contributed by atoms with Gasteiger partial charge in [-0.15, -0.1) is 0 Å². The van der Waals surface area contributed by atoms with E-state index in [1.807, 2.05) is 56.0 Å². The van der Waals surface area contributed by atoms with Crippen LogP contribution in [0.25, 0.3) is 0 Å². The molecule has 0 saturated carbocycles. The summed E-state index contributed by atoms with van der Waals surface area (Å²) in [6, 6.07) is 18.4. The summed E-state index contributed by atoms with van der Waals surface area (Å²) in [5.74, 6) is 0.854. The van der Waals surface area contributed by atoms with Crippen LogP contribution in [0.2, 0.25) is 0 Å².